The van der Waals surface area contributed by atoms with Crippen molar-refractivity contribution in [2.45, 2.75) is 58.3 Å². The number of carboxylic acid groups (broad SMARTS) is 1. The second-order valence-electron chi connectivity index (χ2n) is 10.5. The van der Waals surface area contributed by atoms with Gasteiger partial charge in [0.2, 0.25) is 0 Å². The Hall–Kier alpha value is -3.85. The highest BCUT2D eigenvalue weighted by Crippen LogP contribution is 2.38. The van der Waals surface area contributed by atoms with Crippen LogP contribution >= 0.6 is 0 Å². The van der Waals surface area contributed by atoms with Gasteiger partial charge in [-0.15, -0.1) is 0 Å². The van der Waals surface area contributed by atoms with Gasteiger partial charge in [0, 0.05) is 44.5 Å². The molecule has 1 fully saturated rings. The van der Waals surface area contributed by atoms with Gasteiger partial charge in [0.1, 0.15) is 17.2 Å². The quantitative estimate of drug-likeness (QED) is 0.328. The Balaban J connectivity index is 1.50. The van der Waals surface area contributed by atoms with E-state index in [2.05, 4.69) is 16.6 Å². The molecule has 0 atom stereocenters. The predicted octanol–water partition coefficient (Wildman–Crippen LogP) is 7.37. The summed E-state index contributed by atoms with van der Waals surface area (Å²) >= 11 is 0. The van der Waals surface area contributed by atoms with E-state index >= 15 is 0 Å². The summed E-state index contributed by atoms with van der Waals surface area (Å²) in [6, 6.07) is 11.7. The Kier molecular flexibility index (Phi) is 8.83. The van der Waals surface area contributed by atoms with Gasteiger partial charge >= 0.3 is 5.97 Å². The van der Waals surface area contributed by atoms with E-state index in [-0.39, 0.29) is 17.2 Å². The Morgan fingerprint density at radius 1 is 1.18 bits per heavy atom. The summed E-state index contributed by atoms with van der Waals surface area (Å²) in [6.07, 6.45) is 2.77. The van der Waals surface area contributed by atoms with Crippen molar-refractivity contribution in [2.24, 2.45) is 5.16 Å². The topological polar surface area (TPSA) is 71.4 Å². The summed E-state index contributed by atoms with van der Waals surface area (Å²) in [7, 11) is 0. The molecule has 0 saturated carbocycles. The normalized spacial score (nSPS) is 17.9. The molecule has 2 aromatic carbocycles. The number of benzene rings is 2. The number of aromatic carboxylic acids is 1. The van der Waals surface area contributed by atoms with Crippen LogP contribution in [0.1, 0.15) is 67.1 Å². The first-order chi connectivity index (χ1) is 19.0. The zero-order valence-corrected chi connectivity index (χ0v) is 22.8. The first-order valence-corrected chi connectivity index (χ1v) is 13.2. The molecule has 1 saturated heterocycles. The molecule has 1 spiro atoms. The Bertz CT molecular complexity index is 1370. The summed E-state index contributed by atoms with van der Waals surface area (Å²) in [5.74, 6) is -3.52. The van der Waals surface area contributed by atoms with Crippen LogP contribution in [0.4, 0.5) is 13.2 Å². The third kappa shape index (κ3) is 6.83. The third-order valence-corrected chi connectivity index (χ3v) is 7.11. The number of allylic oxidation sites excluding steroid dienone is 5. The second-order valence-corrected chi connectivity index (χ2v) is 10.5. The smallest absolute Gasteiger partial charge is 0.335 e. The van der Waals surface area contributed by atoms with Gasteiger partial charge in [-0.25, -0.2) is 18.0 Å². The molecule has 6 nitrogen and oxygen atoms in total. The highest BCUT2D eigenvalue weighted by molar-refractivity contribution is 6.02. The minimum Gasteiger partial charge on any atom is -0.491 e. The van der Waals surface area contributed by atoms with Gasteiger partial charge in [-0.1, -0.05) is 29.9 Å². The maximum absolute atomic E-state index is 14.6. The van der Waals surface area contributed by atoms with Crippen LogP contribution in [0.15, 0.2) is 77.8 Å². The van der Waals surface area contributed by atoms with Crippen LogP contribution < -0.4 is 4.74 Å². The van der Waals surface area contributed by atoms with Gasteiger partial charge in [0.25, 0.3) is 0 Å². The number of carbonyl (C=O) groups is 1. The molecule has 4 rings (SSSR count). The summed E-state index contributed by atoms with van der Waals surface area (Å²) < 4.78 is 48.0. The summed E-state index contributed by atoms with van der Waals surface area (Å²) in [5.41, 5.74) is 2.48. The molecule has 2 aliphatic heterocycles. The van der Waals surface area contributed by atoms with E-state index in [1.54, 1.807) is 36.4 Å². The zero-order valence-electron chi connectivity index (χ0n) is 22.8. The predicted molar refractivity (Wildman–Crippen MR) is 148 cm³/mol. The van der Waals surface area contributed by atoms with Crippen molar-refractivity contribution in [3.8, 4) is 5.75 Å². The highest BCUT2D eigenvalue weighted by atomic mass is 19.2. The third-order valence-electron chi connectivity index (χ3n) is 7.11. The number of piperidine rings is 1. The van der Waals surface area contributed by atoms with Crippen molar-refractivity contribution in [1.29, 1.82) is 0 Å². The van der Waals surface area contributed by atoms with Gasteiger partial charge in [-0.05, 0) is 67.8 Å². The lowest BCUT2D eigenvalue weighted by atomic mass is 9.85. The summed E-state index contributed by atoms with van der Waals surface area (Å²) in [6.45, 7) is 9.76. The number of ether oxygens (including phenoxy) is 1. The van der Waals surface area contributed by atoms with Gasteiger partial charge in [0.05, 0.1) is 17.4 Å². The number of nitrogens with zero attached hydrogens (tertiary/aromatic N) is 2. The number of likely N-dealkylation sites (tertiary alicyclic amines) is 1. The second kappa shape index (κ2) is 12.1. The molecule has 9 heteroatoms. The van der Waals surface area contributed by atoms with Crippen LogP contribution in [0.3, 0.4) is 0 Å². The van der Waals surface area contributed by atoms with Crippen molar-refractivity contribution in [1.82, 2.24) is 4.90 Å². The van der Waals surface area contributed by atoms with Crippen molar-refractivity contribution in [3.63, 3.8) is 0 Å². The Morgan fingerprint density at radius 3 is 2.42 bits per heavy atom. The van der Waals surface area contributed by atoms with Gasteiger partial charge in [0.15, 0.2) is 11.7 Å². The molecule has 2 aliphatic rings. The highest BCUT2D eigenvalue weighted by Gasteiger charge is 2.42. The van der Waals surface area contributed by atoms with Crippen molar-refractivity contribution in [3.05, 3.63) is 94.9 Å². The van der Waals surface area contributed by atoms with E-state index in [9.17, 15) is 18.0 Å². The minimum atomic E-state index is -1.27. The largest absolute Gasteiger partial charge is 0.491 e. The first-order valence-electron chi connectivity index (χ1n) is 13.2. The fraction of sp³-hybridized carbons (Fsp3) is 0.355. The van der Waals surface area contributed by atoms with Crippen LogP contribution in [0.2, 0.25) is 0 Å². The standard InChI is InChI=1S/C31H33F3N2O4/c1-19(2)39-25-9-10-26(27(20(3)32)16-28(34)21(4)33)24(15-25)18-36-13-11-31(12-14-36)17-29(35-40-31)22-5-7-23(8-6-22)30(37)38/h5-10,15-16,19H,4,11-14,17-18H2,1-3H3,(H,37,38). The van der Waals surface area contributed by atoms with E-state index in [1.165, 1.54) is 6.92 Å². The van der Waals surface area contributed by atoms with Crippen LogP contribution in [-0.4, -0.2) is 46.5 Å². The number of oxime groups is 1. The molecule has 0 amide bonds. The average Bonchev–Trinajstić information content (AvgIpc) is 3.32. The molecule has 0 aromatic heterocycles. The lowest BCUT2D eigenvalue weighted by molar-refractivity contribution is -0.0627. The summed E-state index contributed by atoms with van der Waals surface area (Å²) in [5, 5.41) is 13.4. The molecule has 212 valence electrons. The van der Waals surface area contributed by atoms with Crippen LogP contribution in [-0.2, 0) is 11.4 Å². The number of halogens is 3. The number of rotatable bonds is 9. The lowest BCUT2D eigenvalue weighted by Gasteiger charge is -2.37. The van der Waals surface area contributed by atoms with E-state index in [1.807, 2.05) is 19.9 Å². The van der Waals surface area contributed by atoms with E-state index in [4.69, 9.17) is 14.7 Å². The molecule has 40 heavy (non-hydrogen) atoms. The van der Waals surface area contributed by atoms with Crippen LogP contribution in [0.5, 0.6) is 5.75 Å². The van der Waals surface area contributed by atoms with Crippen LogP contribution in [0, 0.1) is 0 Å². The average molecular weight is 555 g/mol. The fourth-order valence-electron chi connectivity index (χ4n) is 4.99. The molecule has 1 N–H and O–H groups in total. The molecule has 0 unspecified atom stereocenters. The van der Waals surface area contributed by atoms with E-state index in [0.717, 1.165) is 22.9 Å². The Morgan fingerprint density at radius 2 is 1.85 bits per heavy atom. The minimum absolute atomic E-state index is 0.0537. The monoisotopic (exact) mass is 554 g/mol. The number of hydrogen-bond donors (Lipinski definition) is 1. The molecule has 2 heterocycles. The fourth-order valence-corrected chi connectivity index (χ4v) is 4.99. The van der Waals surface area contributed by atoms with Gasteiger partial charge in [-0.2, -0.15) is 0 Å². The number of carboxylic acids is 1. The Labute approximate surface area is 232 Å². The van der Waals surface area contributed by atoms with Gasteiger partial charge < -0.3 is 14.7 Å². The first kappa shape index (κ1) is 29.1. The molecule has 0 bridgehead atoms. The lowest BCUT2D eigenvalue weighted by Crippen LogP contribution is -2.44. The number of hydrogen-bond acceptors (Lipinski definition) is 5. The maximum Gasteiger partial charge on any atom is 0.335 e. The van der Waals surface area contributed by atoms with Crippen LogP contribution in [0.25, 0.3) is 5.57 Å². The van der Waals surface area contributed by atoms with E-state index in [0.29, 0.717) is 50.2 Å². The molecule has 0 radical (unpaired) electrons. The zero-order chi connectivity index (χ0) is 29.0. The molecular weight excluding hydrogens is 521 g/mol. The van der Waals surface area contributed by atoms with Gasteiger partial charge in [-0.3, -0.25) is 4.90 Å². The molecule has 0 aliphatic carbocycles. The SMILES string of the molecule is C=C(F)C(F)=CC(=C(C)F)c1ccc(OC(C)C)cc1CN1CCC2(CC1)CC(c1ccc(C(=O)O)cc1)=NO2. The maximum atomic E-state index is 14.6. The van der Waals surface area contributed by atoms with E-state index < -0.39 is 29.1 Å². The van der Waals surface area contributed by atoms with Crippen molar-refractivity contribution >= 4 is 17.3 Å². The summed E-state index contributed by atoms with van der Waals surface area (Å²) in [4.78, 5) is 19.3. The van der Waals surface area contributed by atoms with Crippen molar-refractivity contribution in [2.75, 3.05) is 13.1 Å². The van der Waals surface area contributed by atoms with Crippen molar-refractivity contribution < 1.29 is 32.6 Å². The molecule has 2 aromatic rings. The molecular formula is C31H33F3N2O4.